The predicted molar refractivity (Wildman–Crippen MR) is 122 cm³/mol. The lowest BCUT2D eigenvalue weighted by molar-refractivity contribution is 0.293. The van der Waals surface area contributed by atoms with Gasteiger partial charge in [-0.3, -0.25) is 0 Å². The number of halogens is 1. The van der Waals surface area contributed by atoms with Crippen molar-refractivity contribution in [2.45, 2.75) is 13.2 Å². The molecule has 0 fully saturated rings. The molecule has 1 aromatic heterocycles. The summed E-state index contributed by atoms with van der Waals surface area (Å²) in [6, 6.07) is 21.2. The van der Waals surface area contributed by atoms with Gasteiger partial charge in [-0.2, -0.15) is 0 Å². The van der Waals surface area contributed by atoms with E-state index in [0.717, 1.165) is 22.6 Å². The van der Waals surface area contributed by atoms with Crippen molar-refractivity contribution in [1.82, 2.24) is 4.98 Å². The van der Waals surface area contributed by atoms with Gasteiger partial charge in [-0.05, 0) is 29.3 Å². The Morgan fingerprint density at radius 2 is 1.86 bits per heavy atom. The zero-order valence-electron chi connectivity index (χ0n) is 15.5. The van der Waals surface area contributed by atoms with Gasteiger partial charge in [0.15, 0.2) is 5.96 Å². The van der Waals surface area contributed by atoms with E-state index in [1.165, 1.54) is 0 Å². The van der Waals surface area contributed by atoms with Crippen LogP contribution in [0.15, 0.2) is 77.9 Å². The van der Waals surface area contributed by atoms with E-state index in [4.69, 9.17) is 15.2 Å². The monoisotopic (exact) mass is 490 g/mol. The lowest BCUT2D eigenvalue weighted by atomic mass is 10.2. The van der Waals surface area contributed by atoms with Gasteiger partial charge in [0.2, 0.25) is 5.88 Å². The fraction of sp³-hybridized carbons (Fsp3) is 0.143. The van der Waals surface area contributed by atoms with Gasteiger partial charge in [-0.25, -0.2) is 9.98 Å². The largest absolute Gasteiger partial charge is 0.497 e. The molecule has 0 aliphatic heterocycles. The molecule has 0 bridgehead atoms. The molecule has 0 aliphatic rings. The summed E-state index contributed by atoms with van der Waals surface area (Å²) in [6.45, 7) is 0.896. The molecule has 0 unspecified atom stereocenters. The first-order valence-corrected chi connectivity index (χ1v) is 8.55. The SMILES string of the molecule is COc1cccc(NC(N)=NCc2ccnc(OCc3ccccc3)c2)c1.I. The maximum absolute atomic E-state index is 5.97. The molecule has 0 radical (unpaired) electrons. The van der Waals surface area contributed by atoms with Crippen LogP contribution in [0.25, 0.3) is 0 Å². The van der Waals surface area contributed by atoms with Crippen molar-refractivity contribution in [3.8, 4) is 11.6 Å². The maximum atomic E-state index is 5.97. The Hall–Kier alpha value is -2.81. The minimum Gasteiger partial charge on any atom is -0.497 e. The highest BCUT2D eigenvalue weighted by Crippen LogP contribution is 2.16. The summed E-state index contributed by atoms with van der Waals surface area (Å²) in [6.07, 6.45) is 1.71. The van der Waals surface area contributed by atoms with Crippen LogP contribution in [-0.4, -0.2) is 18.1 Å². The van der Waals surface area contributed by atoms with Crippen LogP contribution in [-0.2, 0) is 13.2 Å². The van der Waals surface area contributed by atoms with Gasteiger partial charge in [0.25, 0.3) is 0 Å². The number of nitrogens with zero attached hydrogens (tertiary/aromatic N) is 2. The summed E-state index contributed by atoms with van der Waals surface area (Å²) < 4.78 is 10.9. The number of rotatable bonds is 7. The smallest absolute Gasteiger partial charge is 0.213 e. The summed E-state index contributed by atoms with van der Waals surface area (Å²) in [5, 5.41) is 3.05. The number of methoxy groups -OCH3 is 1. The number of nitrogens with two attached hydrogens (primary N) is 1. The normalized spacial score (nSPS) is 10.7. The molecule has 3 N–H and O–H groups in total. The van der Waals surface area contributed by atoms with Gasteiger partial charge >= 0.3 is 0 Å². The summed E-state index contributed by atoms with van der Waals surface area (Å²) in [4.78, 5) is 8.60. The van der Waals surface area contributed by atoms with E-state index in [1.54, 1.807) is 13.3 Å². The van der Waals surface area contributed by atoms with Crippen molar-refractivity contribution in [2.24, 2.45) is 10.7 Å². The van der Waals surface area contributed by atoms with E-state index in [-0.39, 0.29) is 24.0 Å². The van der Waals surface area contributed by atoms with Gasteiger partial charge in [0.05, 0.1) is 13.7 Å². The van der Waals surface area contributed by atoms with Crippen molar-refractivity contribution in [3.05, 3.63) is 84.1 Å². The molecule has 0 aliphatic carbocycles. The fourth-order valence-corrected chi connectivity index (χ4v) is 2.42. The third kappa shape index (κ3) is 6.73. The number of ether oxygens (including phenoxy) is 2. The Labute approximate surface area is 181 Å². The third-order valence-electron chi connectivity index (χ3n) is 3.80. The van der Waals surface area contributed by atoms with Crippen molar-refractivity contribution in [1.29, 1.82) is 0 Å². The molecule has 1 heterocycles. The minimum atomic E-state index is 0. The van der Waals surface area contributed by atoms with E-state index in [2.05, 4.69) is 15.3 Å². The quantitative estimate of drug-likeness (QED) is 0.295. The van der Waals surface area contributed by atoms with Crippen molar-refractivity contribution in [3.63, 3.8) is 0 Å². The summed E-state index contributed by atoms with van der Waals surface area (Å²) >= 11 is 0. The van der Waals surface area contributed by atoms with E-state index < -0.39 is 0 Å². The first-order chi connectivity index (χ1) is 13.2. The molecule has 28 heavy (non-hydrogen) atoms. The zero-order chi connectivity index (χ0) is 18.9. The summed E-state index contributed by atoms with van der Waals surface area (Å²) in [7, 11) is 1.62. The summed E-state index contributed by atoms with van der Waals surface area (Å²) in [5.74, 6) is 1.64. The number of pyridine rings is 1. The highest BCUT2D eigenvalue weighted by Gasteiger charge is 2.01. The molecule has 2 aromatic carbocycles. The molecule has 0 atom stereocenters. The first kappa shape index (κ1) is 21.5. The zero-order valence-corrected chi connectivity index (χ0v) is 17.9. The molecule has 0 saturated heterocycles. The lowest BCUT2D eigenvalue weighted by Crippen LogP contribution is -2.22. The highest BCUT2D eigenvalue weighted by atomic mass is 127. The molecular formula is C21H23IN4O2. The second kappa shape index (κ2) is 11.1. The molecule has 146 valence electrons. The van der Waals surface area contributed by atoms with Crippen molar-refractivity contribution >= 4 is 35.6 Å². The number of aromatic nitrogens is 1. The van der Waals surface area contributed by atoms with Gasteiger partial charge in [-0.1, -0.05) is 36.4 Å². The average molecular weight is 490 g/mol. The van der Waals surface area contributed by atoms with Crippen LogP contribution in [0, 0.1) is 0 Å². The van der Waals surface area contributed by atoms with E-state index in [1.807, 2.05) is 66.7 Å². The molecule has 7 heteroatoms. The van der Waals surface area contributed by atoms with E-state index in [0.29, 0.717) is 25.0 Å². The Kier molecular flexibility index (Phi) is 8.54. The molecule has 3 rings (SSSR count). The van der Waals surface area contributed by atoms with Gasteiger partial charge in [0.1, 0.15) is 12.4 Å². The van der Waals surface area contributed by atoms with Gasteiger partial charge in [0, 0.05) is 24.0 Å². The number of guanidine groups is 1. The molecule has 0 saturated carbocycles. The van der Waals surface area contributed by atoms with Gasteiger partial charge < -0.3 is 20.5 Å². The highest BCUT2D eigenvalue weighted by molar-refractivity contribution is 14.0. The maximum Gasteiger partial charge on any atom is 0.213 e. The van der Waals surface area contributed by atoms with Crippen LogP contribution in [0.1, 0.15) is 11.1 Å². The number of hydrogen-bond donors (Lipinski definition) is 2. The Balaban J connectivity index is 0.00000280. The molecule has 0 amide bonds. The molecule has 3 aromatic rings. The molecule has 6 nitrogen and oxygen atoms in total. The lowest BCUT2D eigenvalue weighted by Gasteiger charge is -2.08. The predicted octanol–water partition coefficient (Wildman–Crippen LogP) is 4.21. The topological polar surface area (TPSA) is 81.8 Å². The summed E-state index contributed by atoms with van der Waals surface area (Å²) in [5.41, 5.74) is 8.84. The molecular weight excluding hydrogens is 467 g/mol. The minimum absolute atomic E-state index is 0. The van der Waals surface area contributed by atoms with Crippen molar-refractivity contribution < 1.29 is 9.47 Å². The second-order valence-electron chi connectivity index (χ2n) is 5.84. The van der Waals surface area contributed by atoms with E-state index >= 15 is 0 Å². The number of aliphatic imine (C=N–C) groups is 1. The number of hydrogen-bond acceptors (Lipinski definition) is 4. The third-order valence-corrected chi connectivity index (χ3v) is 3.80. The van der Waals surface area contributed by atoms with Crippen LogP contribution in [0.2, 0.25) is 0 Å². The molecule has 0 spiro atoms. The Morgan fingerprint density at radius 3 is 2.64 bits per heavy atom. The second-order valence-corrected chi connectivity index (χ2v) is 5.84. The Morgan fingerprint density at radius 1 is 1.04 bits per heavy atom. The van der Waals surface area contributed by atoms with Crippen LogP contribution < -0.4 is 20.5 Å². The van der Waals surface area contributed by atoms with Crippen molar-refractivity contribution in [2.75, 3.05) is 12.4 Å². The Bertz CT molecular complexity index is 904. The number of anilines is 1. The van der Waals surface area contributed by atoms with Crippen LogP contribution in [0.5, 0.6) is 11.6 Å². The van der Waals surface area contributed by atoms with Crippen LogP contribution in [0.4, 0.5) is 5.69 Å². The standard InChI is InChI=1S/C21H22N4O2.HI/c1-26-19-9-5-8-18(13-19)25-21(22)24-14-17-10-11-23-20(12-17)27-15-16-6-3-2-4-7-16;/h2-13H,14-15H2,1H3,(H3,22,24,25);1H. The van der Waals surface area contributed by atoms with Gasteiger partial charge in [-0.15, -0.1) is 24.0 Å². The van der Waals surface area contributed by atoms with Crippen LogP contribution >= 0.6 is 24.0 Å². The van der Waals surface area contributed by atoms with Crippen LogP contribution in [0.3, 0.4) is 0 Å². The van der Waals surface area contributed by atoms with E-state index in [9.17, 15) is 0 Å². The average Bonchev–Trinajstić information content (AvgIpc) is 2.72. The first-order valence-electron chi connectivity index (χ1n) is 8.55. The number of benzene rings is 2. The fourth-order valence-electron chi connectivity index (χ4n) is 2.42. The number of nitrogens with one attached hydrogen (secondary N) is 1.